The molecule has 1 unspecified atom stereocenters. The molecule has 2 aromatic rings. The van der Waals surface area contributed by atoms with Crippen LogP contribution in [0.2, 0.25) is 0 Å². The molecule has 0 bridgehead atoms. The fourth-order valence-electron chi connectivity index (χ4n) is 3.74. The van der Waals surface area contributed by atoms with Gasteiger partial charge in [0.1, 0.15) is 18.2 Å². The van der Waals surface area contributed by atoms with E-state index in [0.29, 0.717) is 24.7 Å². The first-order valence-corrected chi connectivity index (χ1v) is 11.5. The maximum absolute atomic E-state index is 11.4. The molecule has 1 N–H and O–H groups in total. The topological polar surface area (TPSA) is 71.9 Å². The number of hydrogen-bond acceptors (Lipinski definition) is 5. The molecule has 6 heteroatoms. The number of anilines is 1. The van der Waals surface area contributed by atoms with Crippen LogP contribution >= 0.6 is 0 Å². The summed E-state index contributed by atoms with van der Waals surface area (Å²) in [5, 5.41) is 9.36. The first-order chi connectivity index (χ1) is 15.5. The van der Waals surface area contributed by atoms with Gasteiger partial charge in [0.05, 0.1) is 6.61 Å². The maximum atomic E-state index is 11.4. The summed E-state index contributed by atoms with van der Waals surface area (Å²) < 4.78 is 11.3. The molecule has 3 rings (SSSR count). The molecule has 172 valence electrons. The number of hydrogen-bond donors (Lipinski definition) is 1. The second-order valence-corrected chi connectivity index (χ2v) is 8.45. The van der Waals surface area contributed by atoms with Crippen LogP contribution in [0.3, 0.4) is 0 Å². The van der Waals surface area contributed by atoms with Gasteiger partial charge in [-0.05, 0) is 55.5 Å². The lowest BCUT2D eigenvalue weighted by atomic mass is 10.0. The lowest BCUT2D eigenvalue weighted by Crippen LogP contribution is -2.21. The Kier molecular flexibility index (Phi) is 8.68. The number of pyridine rings is 1. The molecule has 0 spiro atoms. The van der Waals surface area contributed by atoms with E-state index in [9.17, 15) is 9.90 Å². The predicted molar refractivity (Wildman–Crippen MR) is 128 cm³/mol. The molecule has 32 heavy (non-hydrogen) atoms. The van der Waals surface area contributed by atoms with Gasteiger partial charge in [-0.2, -0.15) is 0 Å². The Morgan fingerprint density at radius 3 is 2.66 bits per heavy atom. The summed E-state index contributed by atoms with van der Waals surface area (Å²) in [4.78, 5) is 18.4. The van der Waals surface area contributed by atoms with Gasteiger partial charge in [-0.3, -0.25) is 0 Å². The highest BCUT2D eigenvalue weighted by Crippen LogP contribution is 2.31. The number of carboxylic acids is 1. The standard InChI is InChI=1S/C26H34N2O4/c1-4-5-12-31-13-14-32-24-8-6-21(7-9-24)23-16-22(15-20(3)26(29)30)25(27-17-23)28-11-10-19(2)18-28/h6-9,15-17,19H,4-5,10-14,18H2,1-3H3,(H,29,30). The molecule has 1 aromatic carbocycles. The van der Waals surface area contributed by atoms with Crippen molar-refractivity contribution < 1.29 is 19.4 Å². The van der Waals surface area contributed by atoms with E-state index >= 15 is 0 Å². The highest BCUT2D eigenvalue weighted by atomic mass is 16.5. The van der Waals surface area contributed by atoms with Crippen molar-refractivity contribution in [3.05, 3.63) is 47.7 Å². The zero-order valence-corrected chi connectivity index (χ0v) is 19.3. The van der Waals surface area contributed by atoms with E-state index in [4.69, 9.17) is 14.5 Å². The lowest BCUT2D eigenvalue weighted by Gasteiger charge is -2.20. The van der Waals surface area contributed by atoms with Gasteiger partial charge in [-0.15, -0.1) is 0 Å². The Morgan fingerprint density at radius 2 is 2.00 bits per heavy atom. The smallest absolute Gasteiger partial charge is 0.331 e. The zero-order chi connectivity index (χ0) is 22.9. The minimum absolute atomic E-state index is 0.294. The second kappa shape index (κ2) is 11.7. The third kappa shape index (κ3) is 6.57. The second-order valence-electron chi connectivity index (χ2n) is 8.45. The number of aliphatic carboxylic acids is 1. The van der Waals surface area contributed by atoms with Crippen molar-refractivity contribution in [3.8, 4) is 16.9 Å². The van der Waals surface area contributed by atoms with Crippen molar-refractivity contribution in [2.75, 3.05) is 37.8 Å². The molecule has 1 aliphatic rings. The fraction of sp³-hybridized carbons (Fsp3) is 0.462. The van der Waals surface area contributed by atoms with Crippen molar-refractivity contribution in [1.29, 1.82) is 0 Å². The molecule has 0 amide bonds. The quantitative estimate of drug-likeness (QED) is 0.380. The van der Waals surface area contributed by atoms with Crippen LogP contribution in [0.4, 0.5) is 5.82 Å². The number of unbranched alkanes of at least 4 members (excludes halogenated alkanes) is 1. The first-order valence-electron chi connectivity index (χ1n) is 11.5. The molecule has 1 atom stereocenters. The van der Waals surface area contributed by atoms with Crippen LogP contribution in [0.25, 0.3) is 17.2 Å². The first kappa shape index (κ1) is 23.8. The normalized spacial score (nSPS) is 16.4. The lowest BCUT2D eigenvalue weighted by molar-refractivity contribution is -0.132. The van der Waals surface area contributed by atoms with Crippen LogP contribution < -0.4 is 9.64 Å². The van der Waals surface area contributed by atoms with Gasteiger partial charge in [0.15, 0.2) is 0 Å². The largest absolute Gasteiger partial charge is 0.491 e. The monoisotopic (exact) mass is 438 g/mol. The van der Waals surface area contributed by atoms with Crippen LogP contribution in [-0.2, 0) is 9.53 Å². The van der Waals surface area contributed by atoms with Crippen molar-refractivity contribution in [2.45, 2.75) is 40.0 Å². The van der Waals surface area contributed by atoms with E-state index in [1.807, 2.05) is 36.5 Å². The van der Waals surface area contributed by atoms with Crippen LogP contribution in [0, 0.1) is 5.92 Å². The Labute approximate surface area is 190 Å². The third-order valence-corrected chi connectivity index (χ3v) is 5.65. The molecule has 0 saturated carbocycles. The minimum atomic E-state index is -0.920. The number of carboxylic acid groups (broad SMARTS) is 1. The van der Waals surface area contributed by atoms with E-state index in [-0.39, 0.29) is 0 Å². The summed E-state index contributed by atoms with van der Waals surface area (Å²) in [5.74, 6) is 1.34. The van der Waals surface area contributed by atoms with E-state index in [2.05, 4.69) is 18.7 Å². The van der Waals surface area contributed by atoms with E-state index < -0.39 is 5.97 Å². The van der Waals surface area contributed by atoms with Gasteiger partial charge in [0.2, 0.25) is 0 Å². The van der Waals surface area contributed by atoms with E-state index in [0.717, 1.165) is 67.2 Å². The van der Waals surface area contributed by atoms with Crippen LogP contribution in [0.15, 0.2) is 42.1 Å². The van der Waals surface area contributed by atoms with E-state index in [1.165, 1.54) is 0 Å². The minimum Gasteiger partial charge on any atom is -0.491 e. The van der Waals surface area contributed by atoms with Gasteiger partial charge >= 0.3 is 5.97 Å². The average Bonchev–Trinajstić information content (AvgIpc) is 3.22. The molecular weight excluding hydrogens is 404 g/mol. The van der Waals surface area contributed by atoms with Gasteiger partial charge in [0, 0.05) is 42.6 Å². The summed E-state index contributed by atoms with van der Waals surface area (Å²) in [5.41, 5.74) is 3.08. The highest BCUT2D eigenvalue weighted by Gasteiger charge is 2.22. The molecule has 1 fully saturated rings. The molecule has 2 heterocycles. The highest BCUT2D eigenvalue weighted by molar-refractivity contribution is 5.92. The number of carbonyl (C=O) groups is 1. The summed E-state index contributed by atoms with van der Waals surface area (Å²) >= 11 is 0. The van der Waals surface area contributed by atoms with Crippen molar-refractivity contribution in [1.82, 2.24) is 4.98 Å². The summed E-state index contributed by atoms with van der Waals surface area (Å²) in [6, 6.07) is 9.90. The molecule has 1 saturated heterocycles. The number of aromatic nitrogens is 1. The molecule has 0 aliphatic carbocycles. The molecule has 1 aliphatic heterocycles. The molecular formula is C26H34N2O4. The van der Waals surface area contributed by atoms with Crippen LogP contribution in [0.5, 0.6) is 5.75 Å². The van der Waals surface area contributed by atoms with Crippen LogP contribution in [-0.4, -0.2) is 49.0 Å². The molecule has 0 radical (unpaired) electrons. The summed E-state index contributed by atoms with van der Waals surface area (Å²) in [6.45, 7) is 9.75. The van der Waals surface area contributed by atoms with Gasteiger partial charge in [0.25, 0.3) is 0 Å². The Balaban J connectivity index is 1.74. The van der Waals surface area contributed by atoms with Gasteiger partial charge < -0.3 is 19.5 Å². The molecule has 6 nitrogen and oxygen atoms in total. The number of nitrogens with zero attached hydrogens (tertiary/aromatic N) is 2. The SMILES string of the molecule is CCCCOCCOc1ccc(-c2cnc(N3CCC(C)C3)c(C=C(C)C(=O)O)c2)cc1. The third-order valence-electron chi connectivity index (χ3n) is 5.65. The summed E-state index contributed by atoms with van der Waals surface area (Å²) in [7, 11) is 0. The maximum Gasteiger partial charge on any atom is 0.331 e. The predicted octanol–water partition coefficient (Wildman–Crippen LogP) is 5.28. The Hall–Kier alpha value is -2.86. The summed E-state index contributed by atoms with van der Waals surface area (Å²) in [6.07, 6.45) is 6.90. The average molecular weight is 439 g/mol. The number of rotatable bonds is 11. The Bertz CT molecular complexity index is 924. The van der Waals surface area contributed by atoms with Crippen molar-refractivity contribution in [3.63, 3.8) is 0 Å². The van der Waals surface area contributed by atoms with Crippen molar-refractivity contribution >= 4 is 17.9 Å². The van der Waals surface area contributed by atoms with Gasteiger partial charge in [-0.1, -0.05) is 32.4 Å². The van der Waals surface area contributed by atoms with E-state index in [1.54, 1.807) is 13.0 Å². The van der Waals surface area contributed by atoms with Gasteiger partial charge in [-0.25, -0.2) is 9.78 Å². The fourth-order valence-corrected chi connectivity index (χ4v) is 3.74. The molecule has 1 aromatic heterocycles. The number of benzene rings is 1. The van der Waals surface area contributed by atoms with Crippen LogP contribution in [0.1, 0.15) is 45.6 Å². The number of ether oxygens (including phenoxy) is 2. The van der Waals surface area contributed by atoms with Crippen molar-refractivity contribution in [2.24, 2.45) is 5.92 Å². The Morgan fingerprint density at radius 1 is 1.22 bits per heavy atom. The zero-order valence-electron chi connectivity index (χ0n) is 19.3.